The highest BCUT2D eigenvalue weighted by atomic mass is 32.1. The summed E-state index contributed by atoms with van der Waals surface area (Å²) in [6.45, 7) is 1.49. The van der Waals surface area contributed by atoms with Crippen LogP contribution in [0.2, 0.25) is 0 Å². The first-order valence-electron chi connectivity index (χ1n) is 9.25. The zero-order valence-electron chi connectivity index (χ0n) is 15.1. The molecule has 0 spiro atoms. The van der Waals surface area contributed by atoms with Crippen LogP contribution in [0.25, 0.3) is 0 Å². The summed E-state index contributed by atoms with van der Waals surface area (Å²) in [4.78, 5) is 15.4. The van der Waals surface area contributed by atoms with E-state index in [1.165, 1.54) is 0 Å². The van der Waals surface area contributed by atoms with E-state index < -0.39 is 23.4 Å². The molecule has 1 aromatic heterocycles. The van der Waals surface area contributed by atoms with Crippen LogP contribution in [0.4, 0.5) is 13.2 Å². The molecule has 1 fully saturated rings. The summed E-state index contributed by atoms with van der Waals surface area (Å²) in [7, 11) is 0. The fraction of sp³-hybridized carbons (Fsp3) is 0.474. The minimum absolute atomic E-state index is 0.0862. The molecule has 1 saturated heterocycles. The van der Waals surface area contributed by atoms with Crippen molar-refractivity contribution in [3.63, 3.8) is 0 Å². The third-order valence-electron chi connectivity index (χ3n) is 5.43. The number of ether oxygens (including phenoxy) is 1. The lowest BCUT2D eigenvalue weighted by Gasteiger charge is -2.23. The lowest BCUT2D eigenvalue weighted by molar-refractivity contribution is -0.121. The molecule has 0 radical (unpaired) electrons. The summed E-state index contributed by atoms with van der Waals surface area (Å²) in [5.74, 6) is -3.72. The highest BCUT2D eigenvalue weighted by molar-refractivity contribution is 7.71. The van der Waals surface area contributed by atoms with Crippen molar-refractivity contribution in [2.75, 3.05) is 13.2 Å². The summed E-state index contributed by atoms with van der Waals surface area (Å²) < 4.78 is 49.3. The Morgan fingerprint density at radius 1 is 1.25 bits per heavy atom. The summed E-state index contributed by atoms with van der Waals surface area (Å²) >= 11 is 5.31. The van der Waals surface area contributed by atoms with Crippen molar-refractivity contribution in [3.8, 4) is 0 Å². The molecule has 0 aliphatic carbocycles. The normalized spacial score (nSPS) is 19.6. The lowest BCUT2D eigenvalue weighted by atomic mass is 9.95. The van der Waals surface area contributed by atoms with E-state index in [-0.39, 0.29) is 36.9 Å². The van der Waals surface area contributed by atoms with Crippen molar-refractivity contribution in [2.45, 2.75) is 44.2 Å². The van der Waals surface area contributed by atoms with Gasteiger partial charge in [0.05, 0.1) is 6.42 Å². The Hall–Kier alpha value is -2.13. The maximum Gasteiger partial charge on any atom is 0.226 e. The van der Waals surface area contributed by atoms with Gasteiger partial charge in [0.25, 0.3) is 0 Å². The van der Waals surface area contributed by atoms with E-state index in [4.69, 9.17) is 17.0 Å². The second kappa shape index (κ2) is 7.71. The van der Waals surface area contributed by atoms with E-state index in [2.05, 4.69) is 10.3 Å². The van der Waals surface area contributed by atoms with Gasteiger partial charge >= 0.3 is 0 Å². The van der Waals surface area contributed by atoms with Crippen LogP contribution in [0.1, 0.15) is 35.7 Å². The smallest absolute Gasteiger partial charge is 0.226 e. The van der Waals surface area contributed by atoms with Gasteiger partial charge in [-0.1, -0.05) is 0 Å². The van der Waals surface area contributed by atoms with E-state index in [1.807, 2.05) is 0 Å². The molecular weight excluding hydrogens is 391 g/mol. The Balaban J connectivity index is 1.52. The maximum absolute atomic E-state index is 14.2. The molecule has 28 heavy (non-hydrogen) atoms. The van der Waals surface area contributed by atoms with Crippen LogP contribution >= 0.6 is 12.2 Å². The second-order valence-corrected chi connectivity index (χ2v) is 7.64. The third-order valence-corrected chi connectivity index (χ3v) is 5.75. The van der Waals surface area contributed by atoms with Crippen LogP contribution < -0.4 is 5.32 Å². The maximum atomic E-state index is 14.2. The van der Waals surface area contributed by atoms with Crippen LogP contribution in [-0.4, -0.2) is 34.7 Å². The van der Waals surface area contributed by atoms with Crippen molar-refractivity contribution in [3.05, 3.63) is 51.3 Å². The minimum Gasteiger partial charge on any atom is -0.381 e. The Kier molecular flexibility index (Phi) is 5.29. The Bertz CT molecular complexity index is 966. The zero-order valence-corrected chi connectivity index (χ0v) is 15.9. The first-order chi connectivity index (χ1) is 13.4. The summed E-state index contributed by atoms with van der Waals surface area (Å²) in [5.41, 5.74) is 1.10. The second-order valence-electron chi connectivity index (χ2n) is 7.25. The van der Waals surface area contributed by atoms with Gasteiger partial charge in [-0.05, 0) is 43.6 Å². The van der Waals surface area contributed by atoms with Crippen LogP contribution in [0.3, 0.4) is 0 Å². The fourth-order valence-electron chi connectivity index (χ4n) is 4.04. The Morgan fingerprint density at radius 2 is 1.96 bits per heavy atom. The van der Waals surface area contributed by atoms with Gasteiger partial charge in [-0.15, -0.1) is 0 Å². The van der Waals surface area contributed by atoms with E-state index in [0.717, 1.165) is 30.7 Å². The number of carbonyl (C=O) groups is 1. The van der Waals surface area contributed by atoms with Gasteiger partial charge in [0.15, 0.2) is 16.4 Å². The van der Waals surface area contributed by atoms with Crippen molar-refractivity contribution < 1.29 is 22.7 Å². The molecular formula is C19H20F3N3O2S. The number of imidazole rings is 1. The zero-order chi connectivity index (χ0) is 19.8. The molecule has 0 unspecified atom stereocenters. The molecule has 1 aromatic carbocycles. The fourth-order valence-corrected chi connectivity index (χ4v) is 4.34. The SMILES string of the molecule is O=C(Cc1[nH]c(=S)n2c1C[C@H](c1c(F)ccc(F)c1F)C2)NC1CCOCC1. The van der Waals surface area contributed by atoms with Crippen molar-refractivity contribution in [1.82, 2.24) is 14.9 Å². The minimum atomic E-state index is -1.16. The summed E-state index contributed by atoms with van der Waals surface area (Å²) in [5, 5.41) is 2.98. The predicted molar refractivity (Wildman–Crippen MR) is 98.1 cm³/mol. The molecule has 1 amide bonds. The van der Waals surface area contributed by atoms with Crippen LogP contribution in [-0.2, 0) is 28.9 Å². The number of rotatable bonds is 4. The molecule has 150 valence electrons. The average molecular weight is 411 g/mol. The highest BCUT2D eigenvalue weighted by Crippen LogP contribution is 2.35. The number of aromatic nitrogens is 2. The molecule has 2 aliphatic rings. The van der Waals surface area contributed by atoms with Gasteiger partial charge in [-0.25, -0.2) is 13.2 Å². The molecule has 9 heteroatoms. The van der Waals surface area contributed by atoms with Gasteiger partial charge in [0, 0.05) is 48.7 Å². The molecule has 2 aliphatic heterocycles. The van der Waals surface area contributed by atoms with Gasteiger partial charge in [-0.3, -0.25) is 4.79 Å². The van der Waals surface area contributed by atoms with Gasteiger partial charge in [0.1, 0.15) is 5.82 Å². The van der Waals surface area contributed by atoms with Crippen molar-refractivity contribution in [1.29, 1.82) is 0 Å². The van der Waals surface area contributed by atoms with E-state index in [1.54, 1.807) is 4.57 Å². The third kappa shape index (κ3) is 3.60. The summed E-state index contributed by atoms with van der Waals surface area (Å²) in [6.07, 6.45) is 1.93. The quantitative estimate of drug-likeness (QED) is 0.600. The predicted octanol–water partition coefficient (Wildman–Crippen LogP) is 3.14. The van der Waals surface area contributed by atoms with E-state index >= 15 is 0 Å². The van der Waals surface area contributed by atoms with Gasteiger partial charge in [0.2, 0.25) is 5.91 Å². The first-order valence-corrected chi connectivity index (χ1v) is 9.66. The average Bonchev–Trinajstić information content (AvgIpc) is 3.21. The molecule has 1 atom stereocenters. The number of aromatic amines is 1. The lowest BCUT2D eigenvalue weighted by Crippen LogP contribution is -2.39. The molecule has 2 aromatic rings. The standard InChI is InChI=1S/C19H20F3N3O2S/c20-12-1-2-13(21)18(22)17(12)10-7-15-14(24-19(28)25(15)9-10)8-16(26)23-11-3-5-27-6-4-11/h1-2,10-11H,3-9H2,(H,23,26)(H,24,28)/t10-/m0/s1. The van der Waals surface area contributed by atoms with Gasteiger partial charge < -0.3 is 19.6 Å². The van der Waals surface area contributed by atoms with Gasteiger partial charge in [-0.2, -0.15) is 0 Å². The molecule has 2 N–H and O–H groups in total. The summed E-state index contributed by atoms with van der Waals surface area (Å²) in [6, 6.07) is 1.80. The number of benzene rings is 1. The Labute approximate surface area is 164 Å². The number of H-pyrrole nitrogens is 1. The van der Waals surface area contributed by atoms with Crippen LogP contribution in [0.5, 0.6) is 0 Å². The van der Waals surface area contributed by atoms with Crippen LogP contribution in [0, 0.1) is 22.2 Å². The molecule has 0 bridgehead atoms. The molecule has 4 rings (SSSR count). The van der Waals surface area contributed by atoms with E-state index in [9.17, 15) is 18.0 Å². The van der Waals surface area contributed by atoms with Crippen molar-refractivity contribution >= 4 is 18.1 Å². The number of hydrogen-bond donors (Lipinski definition) is 2. The number of amides is 1. The first kappa shape index (κ1) is 19.2. The van der Waals surface area contributed by atoms with Crippen molar-refractivity contribution in [2.24, 2.45) is 0 Å². The van der Waals surface area contributed by atoms with Crippen LogP contribution in [0.15, 0.2) is 12.1 Å². The molecule has 0 saturated carbocycles. The number of nitrogens with one attached hydrogen (secondary N) is 2. The highest BCUT2D eigenvalue weighted by Gasteiger charge is 2.32. The number of fused-ring (bicyclic) bond motifs is 1. The topological polar surface area (TPSA) is 59.0 Å². The Morgan fingerprint density at radius 3 is 2.71 bits per heavy atom. The van der Waals surface area contributed by atoms with E-state index in [0.29, 0.717) is 23.7 Å². The molecule has 3 heterocycles. The number of carbonyl (C=O) groups excluding carboxylic acids is 1. The number of hydrogen-bond acceptors (Lipinski definition) is 3. The number of halogens is 3. The number of nitrogens with zero attached hydrogens (tertiary/aromatic N) is 1. The largest absolute Gasteiger partial charge is 0.381 e. The monoisotopic (exact) mass is 411 g/mol. The molecule has 5 nitrogen and oxygen atoms in total.